The highest BCUT2D eigenvalue weighted by Gasteiger charge is 2.36. The van der Waals surface area contributed by atoms with Crippen LogP contribution in [0.2, 0.25) is 0 Å². The predicted octanol–water partition coefficient (Wildman–Crippen LogP) is 22.0. The lowest BCUT2D eigenvalue weighted by molar-refractivity contribution is -0.123. The lowest BCUT2D eigenvalue weighted by Gasteiger charge is -2.18. The topological polar surface area (TPSA) is 153 Å². The van der Waals surface area contributed by atoms with Crippen molar-refractivity contribution in [3.63, 3.8) is 0 Å². The number of rotatable bonds is 33. The Morgan fingerprint density at radius 1 is 0.370 bits per heavy atom. The number of thioether (sulfide) groups is 3. The van der Waals surface area contributed by atoms with Crippen molar-refractivity contribution in [1.29, 1.82) is 0 Å². The van der Waals surface area contributed by atoms with Crippen LogP contribution in [0, 0.1) is 12.7 Å². The fourth-order valence-corrected chi connectivity index (χ4v) is 16.1. The molecule has 15 nitrogen and oxygen atoms in total. The van der Waals surface area contributed by atoms with Gasteiger partial charge in [-0.25, -0.2) is 14.4 Å². The van der Waals surface area contributed by atoms with Crippen LogP contribution >= 0.6 is 35.3 Å². The number of aliphatic imine (C=N–C) groups is 3. The van der Waals surface area contributed by atoms with E-state index in [-0.39, 0.29) is 23.5 Å². The molecule has 6 aliphatic rings. The molecule has 0 unspecified atom stereocenters. The molecule has 0 bridgehead atoms. The van der Waals surface area contributed by atoms with Gasteiger partial charge >= 0.3 is 0 Å². The van der Waals surface area contributed by atoms with Gasteiger partial charge in [-0.15, -0.1) is 0 Å². The molecular formula is C89H103FN6O9S3. The molecule has 0 aliphatic carbocycles. The number of carbonyl (C=O) groups excluding carboxylic acids is 3. The van der Waals surface area contributed by atoms with Gasteiger partial charge in [0.1, 0.15) is 45.5 Å². The fraction of sp³-hybridized carbons (Fsp3) is 0.393. The Kier molecular flexibility index (Phi) is 32.0. The molecule has 7 aromatic rings. The highest BCUT2D eigenvalue weighted by Crippen LogP contribution is 2.41. The highest BCUT2D eigenvalue weighted by molar-refractivity contribution is 8.19. The largest absolute Gasteiger partial charge is 0.486 e. The summed E-state index contributed by atoms with van der Waals surface area (Å²) in [5.41, 5.74) is 7.81. The summed E-state index contributed by atoms with van der Waals surface area (Å²) in [5, 5.41) is 2.15. The minimum Gasteiger partial charge on any atom is -0.486 e. The second-order valence-corrected chi connectivity index (χ2v) is 30.6. The maximum absolute atomic E-state index is 13.4. The van der Waals surface area contributed by atoms with E-state index in [0.717, 1.165) is 99.8 Å². The van der Waals surface area contributed by atoms with Gasteiger partial charge in [0.15, 0.2) is 50.0 Å². The first-order chi connectivity index (χ1) is 53.0. The summed E-state index contributed by atoms with van der Waals surface area (Å²) in [5.74, 6) is 4.03. The number of carbonyl (C=O) groups is 3. The van der Waals surface area contributed by atoms with E-state index in [1.165, 1.54) is 161 Å². The van der Waals surface area contributed by atoms with Crippen molar-refractivity contribution in [2.75, 3.05) is 59.3 Å². The van der Waals surface area contributed by atoms with Crippen LogP contribution in [0.25, 0.3) is 18.2 Å². The zero-order valence-corrected chi connectivity index (χ0v) is 65.4. The summed E-state index contributed by atoms with van der Waals surface area (Å²) >= 11 is 4.26. The van der Waals surface area contributed by atoms with E-state index < -0.39 is 0 Å². The maximum atomic E-state index is 13.4. The number of fused-ring (bicyclic) bond motifs is 3. The molecular weight excluding hydrogens is 1410 g/mol. The third kappa shape index (κ3) is 24.7. The zero-order valence-electron chi connectivity index (χ0n) is 62.9. The molecule has 3 amide bonds. The standard InChI is InChI=1S/C31H40N2O3S.C30H37FN2O3S.C28H26N2O3S/c1-3-4-5-6-7-8-9-10-11-12-19-33-30(34)29(37-31(33)32-26-16-13-24(2)14-17-26)23-25-15-18-27-28(22-25)36-21-20-35-27;1-2-3-4-5-6-7-8-9-10-11-18-33-29(34)28(37-30(33)32-25-15-13-24(31)14-16-25)22-23-12-17-26-27(21-23)36-20-19-35-26;31-27-26(19-23-13-14-24-25(18-23)33-17-16-32-24)34-28(29-20-22-10-5-2-6-11-22)30(27)15-7-12-21-8-3-1-4-9-21/h13-18,22-23H,3-12,19-21H2,1-2H3;12-17,21-22H,2-11,18-20H2,1H3;1-6,8-11,13-14,18-19H,7,12,15-17,20H2/b29-23-,32-31?;28-22-,32-30?;26-19-,29-28?. The molecule has 6 aliphatic heterocycles. The van der Waals surface area contributed by atoms with Crippen molar-refractivity contribution < 1.29 is 47.2 Å². The second-order valence-electron chi connectivity index (χ2n) is 27.5. The molecule has 568 valence electrons. The number of unbranched alkanes of at least 4 members (excludes halogenated alkanes) is 18. The van der Waals surface area contributed by atoms with Gasteiger partial charge in [0.2, 0.25) is 0 Å². The molecule has 0 atom stereocenters. The number of halogens is 1. The van der Waals surface area contributed by atoms with E-state index in [9.17, 15) is 18.8 Å². The predicted molar refractivity (Wildman–Crippen MR) is 442 cm³/mol. The molecule has 19 heteroatoms. The van der Waals surface area contributed by atoms with Gasteiger partial charge in [-0.3, -0.25) is 34.1 Å². The lowest BCUT2D eigenvalue weighted by atomic mass is 10.1. The van der Waals surface area contributed by atoms with E-state index in [4.69, 9.17) is 38.4 Å². The van der Waals surface area contributed by atoms with Crippen LogP contribution in [0.5, 0.6) is 34.5 Å². The van der Waals surface area contributed by atoms with Crippen LogP contribution in [0.3, 0.4) is 0 Å². The number of benzene rings is 7. The fourth-order valence-electron chi connectivity index (χ4n) is 13.0. The molecule has 0 aromatic heterocycles. The molecule has 13 rings (SSSR count). The van der Waals surface area contributed by atoms with Crippen LogP contribution in [0.1, 0.15) is 182 Å². The smallest absolute Gasteiger partial charge is 0.266 e. The van der Waals surface area contributed by atoms with Crippen molar-refractivity contribution in [1.82, 2.24) is 14.7 Å². The number of hydrogen-bond donors (Lipinski definition) is 0. The summed E-state index contributed by atoms with van der Waals surface area (Å²) in [6.45, 7) is 12.3. The normalized spacial score (nSPS) is 17.3. The minimum atomic E-state index is -0.305. The Morgan fingerprint density at radius 2 is 0.704 bits per heavy atom. The SMILES string of the molecule is CCCCCCCCCCCCN1C(=O)/C(=C/c2ccc3c(c2)OCCO3)SC1=Nc1ccc(C)cc1.CCCCCCCCCCCCN1C(=O)/C(=C/c2ccc3c(c2)OCCO3)SC1=Nc1ccc(F)cc1.O=C1/C(=C/c2ccc3c(c2)OCCO3)SC(=NCc2ccccc2)N1CCCc1ccccc1. The number of ether oxygens (including phenoxy) is 6. The molecule has 0 spiro atoms. The number of amides is 3. The highest BCUT2D eigenvalue weighted by atomic mass is 32.2. The van der Waals surface area contributed by atoms with Crippen molar-refractivity contribution >= 4 is 98.1 Å². The average Bonchev–Trinajstić information content (AvgIpc) is 1.65. The van der Waals surface area contributed by atoms with E-state index in [0.29, 0.717) is 103 Å². The number of nitrogens with zero attached hydrogens (tertiary/aromatic N) is 6. The number of hydrogen-bond acceptors (Lipinski definition) is 15. The van der Waals surface area contributed by atoms with Crippen molar-refractivity contribution in [3.8, 4) is 34.5 Å². The lowest BCUT2D eigenvalue weighted by Crippen LogP contribution is -2.30. The molecule has 3 fully saturated rings. The van der Waals surface area contributed by atoms with Gasteiger partial charge < -0.3 is 28.4 Å². The van der Waals surface area contributed by atoms with Gasteiger partial charge in [0, 0.05) is 19.6 Å². The Labute approximate surface area is 651 Å². The number of amidine groups is 3. The van der Waals surface area contributed by atoms with E-state index in [1.54, 1.807) is 17.0 Å². The van der Waals surface area contributed by atoms with Crippen LogP contribution < -0.4 is 28.4 Å². The Morgan fingerprint density at radius 3 is 1.10 bits per heavy atom. The van der Waals surface area contributed by atoms with Crippen molar-refractivity contribution in [2.24, 2.45) is 15.0 Å². The van der Waals surface area contributed by atoms with Gasteiger partial charge in [0.05, 0.1) is 32.6 Å². The molecule has 108 heavy (non-hydrogen) atoms. The first-order valence-corrected chi connectivity index (χ1v) is 41.4. The molecule has 3 saturated heterocycles. The Balaban J connectivity index is 0.000000161. The van der Waals surface area contributed by atoms with Gasteiger partial charge in [-0.1, -0.05) is 226 Å². The first kappa shape index (κ1) is 80.0. The third-order valence-corrected chi connectivity index (χ3v) is 22.0. The Hall–Kier alpha value is -9.04. The van der Waals surface area contributed by atoms with E-state index in [1.807, 2.05) is 131 Å². The summed E-state index contributed by atoms with van der Waals surface area (Å²) < 4.78 is 47.4. The molecule has 0 radical (unpaired) electrons. The van der Waals surface area contributed by atoms with Gasteiger partial charge in [-0.05, 0) is 187 Å². The summed E-state index contributed by atoms with van der Waals surface area (Å²) in [4.78, 5) is 62.0. The average molecular weight is 1520 g/mol. The Bertz CT molecular complexity index is 4090. The molecule has 7 aromatic carbocycles. The number of aryl methyl sites for hydroxylation is 2. The summed E-state index contributed by atoms with van der Waals surface area (Å²) in [7, 11) is 0. The zero-order chi connectivity index (χ0) is 74.9. The van der Waals surface area contributed by atoms with Gasteiger partial charge in [-0.2, -0.15) is 0 Å². The van der Waals surface area contributed by atoms with Crippen LogP contribution in [-0.2, 0) is 27.3 Å². The van der Waals surface area contributed by atoms with Crippen LogP contribution in [0.15, 0.2) is 193 Å². The van der Waals surface area contributed by atoms with E-state index in [2.05, 4.69) is 62.2 Å². The van der Waals surface area contributed by atoms with Crippen LogP contribution in [-0.4, -0.2) is 107 Å². The third-order valence-electron chi connectivity index (χ3n) is 19.0. The van der Waals surface area contributed by atoms with E-state index >= 15 is 0 Å². The van der Waals surface area contributed by atoms with Crippen molar-refractivity contribution in [3.05, 3.63) is 218 Å². The monoisotopic (exact) mass is 1510 g/mol. The first-order valence-electron chi connectivity index (χ1n) is 39.0. The van der Waals surface area contributed by atoms with Crippen LogP contribution in [0.4, 0.5) is 15.8 Å². The summed E-state index contributed by atoms with van der Waals surface area (Å²) in [6.07, 6.45) is 32.6. The summed E-state index contributed by atoms with van der Waals surface area (Å²) in [6, 6.07) is 51.9. The second kappa shape index (κ2) is 43.2. The molecule has 6 heterocycles. The molecule has 0 N–H and O–H groups in total. The maximum Gasteiger partial charge on any atom is 0.266 e. The minimum absolute atomic E-state index is 0.000220. The van der Waals surface area contributed by atoms with Gasteiger partial charge in [0.25, 0.3) is 17.7 Å². The quantitative estimate of drug-likeness (QED) is 0.0284. The molecule has 0 saturated carbocycles. The van der Waals surface area contributed by atoms with Crippen molar-refractivity contribution in [2.45, 2.75) is 169 Å².